The zero-order valence-electron chi connectivity index (χ0n) is 10.3. The molecule has 0 aromatic heterocycles. The number of amides is 1. The van der Waals surface area contributed by atoms with Crippen LogP contribution in [-0.4, -0.2) is 23.0 Å². The van der Waals surface area contributed by atoms with Crippen LogP contribution in [0.15, 0.2) is 24.3 Å². The number of carbonyl (C=O) groups excluding carboxylic acids is 1. The van der Waals surface area contributed by atoms with E-state index < -0.39 is 17.8 Å². The van der Waals surface area contributed by atoms with Crippen LogP contribution >= 0.6 is 0 Å². The molecule has 1 atom stereocenters. The van der Waals surface area contributed by atoms with E-state index in [9.17, 15) is 14.0 Å². The first-order valence-corrected chi connectivity index (χ1v) is 5.68. The fourth-order valence-electron chi connectivity index (χ4n) is 1.42. The van der Waals surface area contributed by atoms with Crippen molar-refractivity contribution >= 4 is 11.9 Å². The standard InChI is InChI=1S/C13H16FNO3/c1-8(2)12(16)15-11(13(17)18)7-9-5-3-4-6-10(9)14/h3-6,8,11H,7H2,1-2H3,(H,15,16)(H,17,18)/t11-/m0/s1. The Morgan fingerprint density at radius 3 is 2.44 bits per heavy atom. The Bertz CT molecular complexity index is 446. The number of carboxylic acid groups (broad SMARTS) is 1. The van der Waals surface area contributed by atoms with Gasteiger partial charge in [0, 0.05) is 12.3 Å². The zero-order chi connectivity index (χ0) is 13.7. The summed E-state index contributed by atoms with van der Waals surface area (Å²) in [6.45, 7) is 3.33. The highest BCUT2D eigenvalue weighted by Gasteiger charge is 2.22. The maximum atomic E-state index is 13.4. The van der Waals surface area contributed by atoms with Crippen LogP contribution in [-0.2, 0) is 16.0 Å². The van der Waals surface area contributed by atoms with Gasteiger partial charge in [0.2, 0.25) is 5.91 Å². The Balaban J connectivity index is 2.79. The lowest BCUT2D eigenvalue weighted by Gasteiger charge is -2.16. The number of rotatable bonds is 5. The second-order valence-electron chi connectivity index (χ2n) is 4.35. The third-order valence-electron chi connectivity index (χ3n) is 2.52. The molecule has 0 radical (unpaired) electrons. The third-order valence-corrected chi connectivity index (χ3v) is 2.52. The largest absolute Gasteiger partial charge is 0.480 e. The van der Waals surface area contributed by atoms with Crippen molar-refractivity contribution < 1.29 is 19.1 Å². The monoisotopic (exact) mass is 253 g/mol. The first-order chi connectivity index (χ1) is 8.41. The van der Waals surface area contributed by atoms with Crippen LogP contribution in [0.3, 0.4) is 0 Å². The summed E-state index contributed by atoms with van der Waals surface area (Å²) in [6, 6.07) is 4.81. The molecule has 5 heteroatoms. The predicted octanol–water partition coefficient (Wildman–Crippen LogP) is 1.59. The number of benzene rings is 1. The topological polar surface area (TPSA) is 66.4 Å². The highest BCUT2D eigenvalue weighted by molar-refractivity contribution is 5.84. The molecule has 0 spiro atoms. The summed E-state index contributed by atoms with van der Waals surface area (Å²) in [5, 5.41) is 11.4. The average Bonchev–Trinajstić information content (AvgIpc) is 2.30. The van der Waals surface area contributed by atoms with Gasteiger partial charge in [0.15, 0.2) is 0 Å². The molecule has 0 aliphatic heterocycles. The van der Waals surface area contributed by atoms with E-state index in [1.807, 2.05) is 0 Å². The van der Waals surface area contributed by atoms with Crippen LogP contribution in [0.25, 0.3) is 0 Å². The average molecular weight is 253 g/mol. The Morgan fingerprint density at radius 2 is 1.94 bits per heavy atom. The van der Waals surface area contributed by atoms with Gasteiger partial charge in [-0.25, -0.2) is 9.18 Å². The Morgan fingerprint density at radius 1 is 1.33 bits per heavy atom. The molecule has 98 valence electrons. The van der Waals surface area contributed by atoms with E-state index in [1.165, 1.54) is 18.2 Å². The van der Waals surface area contributed by atoms with E-state index in [1.54, 1.807) is 19.9 Å². The molecular formula is C13H16FNO3. The second-order valence-corrected chi connectivity index (χ2v) is 4.35. The Kier molecular flexibility index (Phi) is 4.83. The molecule has 0 bridgehead atoms. The lowest BCUT2D eigenvalue weighted by molar-refractivity contribution is -0.142. The molecule has 0 unspecified atom stereocenters. The molecular weight excluding hydrogens is 237 g/mol. The molecule has 0 aliphatic rings. The Hall–Kier alpha value is -1.91. The lowest BCUT2D eigenvalue weighted by atomic mass is 10.0. The minimum Gasteiger partial charge on any atom is -0.480 e. The first-order valence-electron chi connectivity index (χ1n) is 5.68. The number of carboxylic acids is 1. The first kappa shape index (κ1) is 14.2. The van der Waals surface area contributed by atoms with E-state index in [-0.39, 0.29) is 23.8 Å². The Labute approximate surface area is 105 Å². The molecule has 0 saturated carbocycles. The van der Waals surface area contributed by atoms with Crippen molar-refractivity contribution in [2.45, 2.75) is 26.3 Å². The minimum absolute atomic E-state index is 0.0690. The highest BCUT2D eigenvalue weighted by Crippen LogP contribution is 2.09. The fourth-order valence-corrected chi connectivity index (χ4v) is 1.42. The summed E-state index contributed by atoms with van der Waals surface area (Å²) < 4.78 is 13.4. The molecule has 1 rings (SSSR count). The summed E-state index contributed by atoms with van der Waals surface area (Å²) in [5.74, 6) is -2.32. The molecule has 18 heavy (non-hydrogen) atoms. The van der Waals surface area contributed by atoms with Crippen molar-refractivity contribution in [1.82, 2.24) is 5.32 Å². The van der Waals surface area contributed by atoms with Gasteiger partial charge < -0.3 is 10.4 Å². The van der Waals surface area contributed by atoms with Crippen molar-refractivity contribution in [1.29, 1.82) is 0 Å². The smallest absolute Gasteiger partial charge is 0.326 e. The highest BCUT2D eigenvalue weighted by atomic mass is 19.1. The maximum absolute atomic E-state index is 13.4. The van der Waals surface area contributed by atoms with Gasteiger partial charge in [0.05, 0.1) is 0 Å². The number of hydrogen-bond acceptors (Lipinski definition) is 2. The summed E-state index contributed by atoms with van der Waals surface area (Å²) in [4.78, 5) is 22.5. The fraction of sp³-hybridized carbons (Fsp3) is 0.385. The van der Waals surface area contributed by atoms with Crippen molar-refractivity contribution in [2.75, 3.05) is 0 Å². The molecule has 1 aromatic rings. The SMILES string of the molecule is CC(C)C(=O)N[C@@H](Cc1ccccc1F)C(=O)O. The number of aliphatic carboxylic acids is 1. The van der Waals surface area contributed by atoms with Crippen molar-refractivity contribution in [2.24, 2.45) is 5.92 Å². The van der Waals surface area contributed by atoms with E-state index >= 15 is 0 Å². The van der Waals surface area contributed by atoms with Gasteiger partial charge in [-0.05, 0) is 11.6 Å². The van der Waals surface area contributed by atoms with Gasteiger partial charge >= 0.3 is 5.97 Å². The van der Waals surface area contributed by atoms with E-state index in [0.29, 0.717) is 0 Å². The molecule has 1 amide bonds. The summed E-state index contributed by atoms with van der Waals surface area (Å²) in [7, 11) is 0. The maximum Gasteiger partial charge on any atom is 0.326 e. The number of halogens is 1. The van der Waals surface area contributed by atoms with Gasteiger partial charge in [-0.2, -0.15) is 0 Å². The van der Waals surface area contributed by atoms with E-state index in [2.05, 4.69) is 5.32 Å². The van der Waals surface area contributed by atoms with Crippen molar-refractivity contribution in [3.63, 3.8) is 0 Å². The van der Waals surface area contributed by atoms with Crippen molar-refractivity contribution in [3.8, 4) is 0 Å². The normalized spacial score (nSPS) is 12.2. The molecule has 2 N–H and O–H groups in total. The van der Waals surface area contributed by atoms with Gasteiger partial charge in [-0.15, -0.1) is 0 Å². The molecule has 0 fully saturated rings. The van der Waals surface area contributed by atoms with Gasteiger partial charge in [0.1, 0.15) is 11.9 Å². The molecule has 0 saturated heterocycles. The summed E-state index contributed by atoms with van der Waals surface area (Å²) >= 11 is 0. The summed E-state index contributed by atoms with van der Waals surface area (Å²) in [6.07, 6.45) is -0.0690. The number of carbonyl (C=O) groups is 2. The van der Waals surface area contributed by atoms with Crippen LogP contribution in [0.4, 0.5) is 4.39 Å². The third kappa shape index (κ3) is 3.84. The van der Waals surface area contributed by atoms with Crippen LogP contribution in [0, 0.1) is 11.7 Å². The predicted molar refractivity (Wildman–Crippen MR) is 64.5 cm³/mol. The molecule has 4 nitrogen and oxygen atoms in total. The van der Waals surface area contributed by atoms with E-state index in [0.717, 1.165) is 0 Å². The van der Waals surface area contributed by atoms with Crippen LogP contribution in [0.1, 0.15) is 19.4 Å². The molecule has 0 heterocycles. The molecule has 1 aromatic carbocycles. The van der Waals surface area contributed by atoms with Gasteiger partial charge in [0.25, 0.3) is 0 Å². The number of hydrogen-bond donors (Lipinski definition) is 2. The van der Waals surface area contributed by atoms with Crippen LogP contribution in [0.2, 0.25) is 0 Å². The summed E-state index contributed by atoms with van der Waals surface area (Å²) in [5.41, 5.74) is 0.272. The molecule has 0 aliphatic carbocycles. The van der Waals surface area contributed by atoms with Crippen molar-refractivity contribution in [3.05, 3.63) is 35.6 Å². The van der Waals surface area contributed by atoms with Crippen LogP contribution in [0.5, 0.6) is 0 Å². The van der Waals surface area contributed by atoms with Gasteiger partial charge in [-0.3, -0.25) is 4.79 Å². The van der Waals surface area contributed by atoms with Gasteiger partial charge in [-0.1, -0.05) is 32.0 Å². The number of nitrogens with one attached hydrogen (secondary N) is 1. The van der Waals surface area contributed by atoms with E-state index in [4.69, 9.17) is 5.11 Å². The van der Waals surface area contributed by atoms with Crippen LogP contribution < -0.4 is 5.32 Å². The lowest BCUT2D eigenvalue weighted by Crippen LogP contribution is -2.44. The quantitative estimate of drug-likeness (QED) is 0.837. The minimum atomic E-state index is -1.17. The second kappa shape index (κ2) is 6.14. The zero-order valence-corrected chi connectivity index (χ0v) is 10.3.